The van der Waals surface area contributed by atoms with Crippen LogP contribution in [0.1, 0.15) is 49.7 Å². The van der Waals surface area contributed by atoms with E-state index in [2.05, 4.69) is 22.3 Å². The Kier molecular flexibility index (Phi) is 7.60. The number of rotatable bonds is 7. The molecular weight excluding hydrogens is 422 g/mol. The van der Waals surface area contributed by atoms with Gasteiger partial charge in [0.2, 0.25) is 15.9 Å². The quantitative estimate of drug-likeness (QED) is 0.693. The van der Waals surface area contributed by atoms with Crippen LogP contribution in [-0.4, -0.2) is 49.2 Å². The number of hydrogen-bond acceptors (Lipinski definition) is 4. The Balaban J connectivity index is 1.37. The molecule has 6 nitrogen and oxygen atoms in total. The molecule has 0 aromatic heterocycles. The molecule has 2 aromatic rings. The number of carbonyl (C=O) groups is 1. The normalized spacial score (nSPS) is 20.7. The van der Waals surface area contributed by atoms with Gasteiger partial charge < -0.3 is 5.32 Å². The summed E-state index contributed by atoms with van der Waals surface area (Å²) in [5.74, 6) is -0.222. The fourth-order valence-electron chi connectivity index (χ4n) is 4.72. The average Bonchev–Trinajstić information content (AvgIpc) is 3.18. The lowest BCUT2D eigenvalue weighted by Gasteiger charge is -2.23. The summed E-state index contributed by atoms with van der Waals surface area (Å²) in [5, 5.41) is 2.98. The lowest BCUT2D eigenvalue weighted by atomic mass is 10.1. The van der Waals surface area contributed by atoms with Crippen LogP contribution >= 0.6 is 0 Å². The molecule has 1 atom stereocenters. The number of benzene rings is 2. The minimum atomic E-state index is -3.67. The molecule has 0 spiro atoms. The van der Waals surface area contributed by atoms with Gasteiger partial charge in [0.1, 0.15) is 6.04 Å². The number of amides is 1. The van der Waals surface area contributed by atoms with E-state index in [9.17, 15) is 13.2 Å². The van der Waals surface area contributed by atoms with Gasteiger partial charge >= 0.3 is 0 Å². The molecule has 32 heavy (non-hydrogen) atoms. The van der Waals surface area contributed by atoms with Gasteiger partial charge in [-0.1, -0.05) is 55.3 Å². The van der Waals surface area contributed by atoms with Crippen LogP contribution in [0.25, 0.3) is 0 Å². The van der Waals surface area contributed by atoms with Crippen molar-refractivity contribution < 1.29 is 13.2 Å². The van der Waals surface area contributed by atoms with Crippen molar-refractivity contribution in [3.8, 4) is 0 Å². The Hall–Kier alpha value is -2.22. The van der Waals surface area contributed by atoms with Crippen molar-refractivity contribution >= 4 is 15.9 Å². The van der Waals surface area contributed by atoms with Crippen molar-refractivity contribution in [1.82, 2.24) is 14.5 Å². The summed E-state index contributed by atoms with van der Waals surface area (Å²) in [6.07, 6.45) is 6.41. The SMILES string of the molecule is O=C(NCc1cccc(CN2CCCCCC2)c1)C1CCCN1S(=O)(=O)c1ccccc1. The Labute approximate surface area is 191 Å². The van der Waals surface area contributed by atoms with Gasteiger partial charge in [0.15, 0.2) is 0 Å². The molecule has 2 aliphatic heterocycles. The summed E-state index contributed by atoms with van der Waals surface area (Å²) < 4.78 is 27.4. The van der Waals surface area contributed by atoms with Gasteiger partial charge in [0, 0.05) is 19.6 Å². The highest BCUT2D eigenvalue weighted by molar-refractivity contribution is 7.89. The fraction of sp³-hybridized carbons (Fsp3) is 0.480. The van der Waals surface area contributed by atoms with Crippen LogP contribution in [0.2, 0.25) is 0 Å². The average molecular weight is 456 g/mol. The van der Waals surface area contributed by atoms with Crippen LogP contribution in [0, 0.1) is 0 Å². The van der Waals surface area contributed by atoms with Crippen molar-refractivity contribution in [1.29, 1.82) is 0 Å². The summed E-state index contributed by atoms with van der Waals surface area (Å²) in [7, 11) is -3.67. The highest BCUT2D eigenvalue weighted by Gasteiger charge is 2.39. The number of likely N-dealkylation sites (tertiary alicyclic amines) is 1. The number of hydrogen-bond donors (Lipinski definition) is 1. The largest absolute Gasteiger partial charge is 0.351 e. The number of nitrogens with one attached hydrogen (secondary N) is 1. The van der Waals surface area contributed by atoms with Crippen molar-refractivity contribution in [3.05, 3.63) is 65.7 Å². The highest BCUT2D eigenvalue weighted by atomic mass is 32.2. The predicted octanol–water partition coefficient (Wildman–Crippen LogP) is 3.53. The monoisotopic (exact) mass is 455 g/mol. The lowest BCUT2D eigenvalue weighted by molar-refractivity contribution is -0.124. The van der Waals surface area contributed by atoms with E-state index < -0.39 is 16.1 Å². The second kappa shape index (κ2) is 10.6. The van der Waals surface area contributed by atoms with Gasteiger partial charge in [0.25, 0.3) is 0 Å². The minimum Gasteiger partial charge on any atom is -0.351 e. The van der Waals surface area contributed by atoms with E-state index in [1.165, 1.54) is 35.6 Å². The van der Waals surface area contributed by atoms with Crippen LogP contribution < -0.4 is 5.32 Å². The summed E-state index contributed by atoms with van der Waals surface area (Å²) in [5.41, 5.74) is 2.30. The molecule has 2 heterocycles. The Morgan fingerprint density at radius 1 is 0.875 bits per heavy atom. The molecule has 0 radical (unpaired) electrons. The third kappa shape index (κ3) is 5.57. The molecule has 1 unspecified atom stereocenters. The Morgan fingerprint density at radius 3 is 2.34 bits per heavy atom. The van der Waals surface area contributed by atoms with Gasteiger partial charge in [-0.3, -0.25) is 9.69 Å². The van der Waals surface area contributed by atoms with Crippen molar-refractivity contribution in [2.24, 2.45) is 0 Å². The van der Waals surface area contributed by atoms with Gasteiger partial charge in [-0.2, -0.15) is 4.31 Å². The molecule has 0 aliphatic carbocycles. The maximum absolute atomic E-state index is 13.0. The van der Waals surface area contributed by atoms with E-state index >= 15 is 0 Å². The molecule has 2 saturated heterocycles. The van der Waals surface area contributed by atoms with Crippen molar-refractivity contribution in [2.45, 2.75) is 62.6 Å². The first-order valence-corrected chi connectivity index (χ1v) is 13.1. The molecular formula is C25H33N3O3S. The smallest absolute Gasteiger partial charge is 0.243 e. The van der Waals surface area contributed by atoms with Crippen LogP contribution in [0.15, 0.2) is 59.5 Å². The number of sulfonamides is 1. The highest BCUT2D eigenvalue weighted by Crippen LogP contribution is 2.26. The molecule has 2 aliphatic rings. The maximum atomic E-state index is 13.0. The minimum absolute atomic E-state index is 0.222. The van der Waals surface area contributed by atoms with E-state index in [0.29, 0.717) is 25.9 Å². The van der Waals surface area contributed by atoms with Gasteiger partial charge in [0.05, 0.1) is 4.90 Å². The van der Waals surface area contributed by atoms with Gasteiger partial charge in [-0.05, 0) is 62.0 Å². The van der Waals surface area contributed by atoms with E-state index in [0.717, 1.165) is 25.2 Å². The molecule has 7 heteroatoms. The number of carbonyl (C=O) groups excluding carboxylic acids is 1. The summed E-state index contributed by atoms with van der Waals surface area (Å²) >= 11 is 0. The fourth-order valence-corrected chi connectivity index (χ4v) is 6.39. The van der Waals surface area contributed by atoms with E-state index in [1.54, 1.807) is 30.3 Å². The Morgan fingerprint density at radius 2 is 1.59 bits per heavy atom. The third-order valence-corrected chi connectivity index (χ3v) is 8.34. The van der Waals surface area contributed by atoms with Gasteiger partial charge in [-0.25, -0.2) is 8.42 Å². The first-order valence-electron chi connectivity index (χ1n) is 11.7. The second-order valence-electron chi connectivity index (χ2n) is 8.81. The number of nitrogens with zero attached hydrogens (tertiary/aromatic N) is 2. The zero-order valence-electron chi connectivity index (χ0n) is 18.6. The first-order chi connectivity index (χ1) is 15.5. The van der Waals surface area contributed by atoms with Gasteiger partial charge in [-0.15, -0.1) is 0 Å². The summed E-state index contributed by atoms with van der Waals surface area (Å²) in [6, 6.07) is 16.0. The van der Waals surface area contributed by atoms with Crippen LogP contribution in [0.3, 0.4) is 0 Å². The molecule has 1 N–H and O–H groups in total. The topological polar surface area (TPSA) is 69.7 Å². The van der Waals surface area contributed by atoms with Crippen LogP contribution in [0.5, 0.6) is 0 Å². The van der Waals surface area contributed by atoms with E-state index in [4.69, 9.17) is 0 Å². The van der Waals surface area contributed by atoms with E-state index in [1.807, 2.05) is 12.1 Å². The summed E-state index contributed by atoms with van der Waals surface area (Å²) in [4.78, 5) is 15.7. The predicted molar refractivity (Wildman–Crippen MR) is 125 cm³/mol. The standard InChI is InChI=1S/C25H33N3O3S/c29-25(24-14-9-17-28(24)32(30,31)23-12-4-3-5-13-23)26-19-21-10-8-11-22(18-21)20-27-15-6-1-2-7-16-27/h3-5,8,10-13,18,24H,1-2,6-7,9,14-17,19-20H2,(H,26,29). The molecule has 2 fully saturated rings. The zero-order chi connectivity index (χ0) is 22.4. The third-order valence-electron chi connectivity index (χ3n) is 6.42. The first kappa shape index (κ1) is 23.0. The van der Waals surface area contributed by atoms with Crippen molar-refractivity contribution in [2.75, 3.05) is 19.6 Å². The van der Waals surface area contributed by atoms with Crippen LogP contribution in [-0.2, 0) is 27.9 Å². The summed E-state index contributed by atoms with van der Waals surface area (Å²) in [6.45, 7) is 4.01. The molecule has 0 bridgehead atoms. The van der Waals surface area contributed by atoms with Crippen LogP contribution in [0.4, 0.5) is 0 Å². The zero-order valence-corrected chi connectivity index (χ0v) is 19.4. The molecule has 2 aromatic carbocycles. The molecule has 0 saturated carbocycles. The lowest BCUT2D eigenvalue weighted by Crippen LogP contribution is -2.45. The molecule has 172 valence electrons. The second-order valence-corrected chi connectivity index (χ2v) is 10.7. The molecule has 4 rings (SSSR count). The maximum Gasteiger partial charge on any atom is 0.243 e. The Bertz CT molecular complexity index is 1000. The van der Waals surface area contributed by atoms with Crippen molar-refractivity contribution in [3.63, 3.8) is 0 Å². The molecule has 1 amide bonds. The van der Waals surface area contributed by atoms with E-state index in [-0.39, 0.29) is 10.8 Å².